The molecular formula is C22H31N3O2S. The Morgan fingerprint density at radius 2 is 2.04 bits per heavy atom. The van der Waals surface area contributed by atoms with Crippen LogP contribution in [-0.2, 0) is 16.0 Å². The van der Waals surface area contributed by atoms with Gasteiger partial charge in [-0.05, 0) is 42.6 Å². The molecule has 1 aliphatic rings. The van der Waals surface area contributed by atoms with Crippen LogP contribution in [0.1, 0.15) is 52.5 Å². The van der Waals surface area contributed by atoms with Gasteiger partial charge >= 0.3 is 5.97 Å². The number of ether oxygens (including phenoxy) is 1. The van der Waals surface area contributed by atoms with Gasteiger partial charge < -0.3 is 4.74 Å². The fourth-order valence-corrected chi connectivity index (χ4v) is 4.50. The SMILES string of the molecule is CCc1ccc(-c2nc(SCC(=O)O[C@@H]3C[C@H](C)CC[C@@H]3C(C)C)n[nH]2)cc1. The first-order valence-corrected chi connectivity index (χ1v) is 11.3. The van der Waals surface area contributed by atoms with E-state index < -0.39 is 0 Å². The summed E-state index contributed by atoms with van der Waals surface area (Å²) in [5.41, 5.74) is 2.28. The first-order chi connectivity index (χ1) is 13.5. The Morgan fingerprint density at radius 1 is 1.29 bits per heavy atom. The fourth-order valence-electron chi connectivity index (χ4n) is 3.91. The third-order valence-electron chi connectivity index (χ3n) is 5.66. The molecule has 3 atom stereocenters. The summed E-state index contributed by atoms with van der Waals surface area (Å²) in [6.07, 6.45) is 4.39. The lowest BCUT2D eigenvalue weighted by Crippen LogP contribution is -2.36. The minimum atomic E-state index is -0.173. The van der Waals surface area contributed by atoms with Gasteiger partial charge in [0.2, 0.25) is 5.16 Å². The molecule has 1 saturated carbocycles. The molecule has 28 heavy (non-hydrogen) atoms. The van der Waals surface area contributed by atoms with Crippen molar-refractivity contribution in [1.29, 1.82) is 0 Å². The van der Waals surface area contributed by atoms with E-state index in [-0.39, 0.29) is 17.8 Å². The fraction of sp³-hybridized carbons (Fsp3) is 0.591. The maximum absolute atomic E-state index is 12.4. The van der Waals surface area contributed by atoms with Gasteiger partial charge in [-0.1, -0.05) is 70.1 Å². The molecule has 0 unspecified atom stereocenters. The van der Waals surface area contributed by atoms with Gasteiger partial charge in [-0.3, -0.25) is 9.89 Å². The Labute approximate surface area is 172 Å². The lowest BCUT2D eigenvalue weighted by atomic mass is 9.75. The maximum Gasteiger partial charge on any atom is 0.316 e. The number of hydrogen-bond acceptors (Lipinski definition) is 5. The van der Waals surface area contributed by atoms with Crippen molar-refractivity contribution >= 4 is 17.7 Å². The Balaban J connectivity index is 1.53. The van der Waals surface area contributed by atoms with Crippen molar-refractivity contribution < 1.29 is 9.53 Å². The Morgan fingerprint density at radius 3 is 2.71 bits per heavy atom. The molecule has 0 saturated heterocycles. The molecule has 0 spiro atoms. The molecule has 1 fully saturated rings. The molecule has 6 heteroatoms. The number of H-pyrrole nitrogens is 1. The average Bonchev–Trinajstić information content (AvgIpc) is 3.15. The molecule has 0 radical (unpaired) electrons. The van der Waals surface area contributed by atoms with E-state index in [0.717, 1.165) is 30.7 Å². The van der Waals surface area contributed by atoms with E-state index in [9.17, 15) is 4.79 Å². The second-order valence-corrected chi connectivity index (χ2v) is 9.10. The summed E-state index contributed by atoms with van der Waals surface area (Å²) in [4.78, 5) is 16.9. The van der Waals surface area contributed by atoms with E-state index in [1.165, 1.54) is 23.7 Å². The van der Waals surface area contributed by atoms with Gasteiger partial charge in [0.05, 0.1) is 5.75 Å². The molecule has 1 heterocycles. The largest absolute Gasteiger partial charge is 0.461 e. The lowest BCUT2D eigenvalue weighted by molar-refractivity contribution is -0.152. The van der Waals surface area contributed by atoms with Crippen molar-refractivity contribution in [3.05, 3.63) is 29.8 Å². The second kappa shape index (κ2) is 9.59. The number of aryl methyl sites for hydroxylation is 1. The quantitative estimate of drug-likeness (QED) is 0.514. The van der Waals surface area contributed by atoms with Crippen LogP contribution in [0.15, 0.2) is 29.4 Å². The van der Waals surface area contributed by atoms with Crippen molar-refractivity contribution in [2.45, 2.75) is 64.6 Å². The minimum absolute atomic E-state index is 0.0386. The van der Waals surface area contributed by atoms with Crippen LogP contribution >= 0.6 is 11.8 Å². The molecular weight excluding hydrogens is 370 g/mol. The average molecular weight is 402 g/mol. The van der Waals surface area contributed by atoms with Crippen LogP contribution in [0.5, 0.6) is 0 Å². The van der Waals surface area contributed by atoms with E-state index in [0.29, 0.717) is 22.9 Å². The number of aromatic amines is 1. The zero-order valence-corrected chi connectivity index (χ0v) is 18.1. The van der Waals surface area contributed by atoms with Gasteiger partial charge in [-0.15, -0.1) is 5.10 Å². The molecule has 2 aromatic rings. The van der Waals surface area contributed by atoms with Crippen LogP contribution in [0.25, 0.3) is 11.4 Å². The smallest absolute Gasteiger partial charge is 0.316 e. The number of aromatic nitrogens is 3. The van der Waals surface area contributed by atoms with Gasteiger partial charge in [0.1, 0.15) is 6.10 Å². The summed E-state index contributed by atoms with van der Waals surface area (Å²) >= 11 is 1.32. The van der Waals surface area contributed by atoms with Gasteiger partial charge in [0.25, 0.3) is 0 Å². The van der Waals surface area contributed by atoms with Gasteiger partial charge in [0, 0.05) is 5.56 Å². The monoisotopic (exact) mass is 401 g/mol. The summed E-state index contributed by atoms with van der Waals surface area (Å²) in [6.45, 7) is 8.82. The normalized spacial score (nSPS) is 22.4. The molecule has 0 amide bonds. The minimum Gasteiger partial charge on any atom is -0.461 e. The summed E-state index contributed by atoms with van der Waals surface area (Å²) in [5.74, 6) is 2.41. The predicted octanol–water partition coefficient (Wildman–Crippen LogP) is 5.13. The zero-order valence-electron chi connectivity index (χ0n) is 17.3. The summed E-state index contributed by atoms with van der Waals surface area (Å²) < 4.78 is 5.85. The van der Waals surface area contributed by atoms with Gasteiger partial charge in [-0.25, -0.2) is 4.98 Å². The number of carbonyl (C=O) groups excluding carboxylic acids is 1. The van der Waals surface area contributed by atoms with Crippen molar-refractivity contribution in [2.24, 2.45) is 17.8 Å². The van der Waals surface area contributed by atoms with Crippen LogP contribution < -0.4 is 0 Å². The summed E-state index contributed by atoms with van der Waals surface area (Å²) in [5, 5.41) is 7.76. The second-order valence-electron chi connectivity index (χ2n) is 8.16. The van der Waals surface area contributed by atoms with Crippen molar-refractivity contribution in [1.82, 2.24) is 15.2 Å². The van der Waals surface area contributed by atoms with Crippen LogP contribution in [0.3, 0.4) is 0 Å². The number of rotatable bonds is 7. The molecule has 3 rings (SSSR count). The number of nitrogens with one attached hydrogen (secondary N) is 1. The number of hydrogen-bond donors (Lipinski definition) is 1. The number of carbonyl (C=O) groups is 1. The van der Waals surface area contributed by atoms with Crippen LogP contribution in [-0.4, -0.2) is 33.0 Å². The van der Waals surface area contributed by atoms with E-state index in [1.807, 2.05) is 12.1 Å². The summed E-state index contributed by atoms with van der Waals surface area (Å²) in [7, 11) is 0. The first kappa shape index (κ1) is 20.9. The van der Waals surface area contributed by atoms with Gasteiger partial charge in [0.15, 0.2) is 5.82 Å². The molecule has 5 nitrogen and oxygen atoms in total. The van der Waals surface area contributed by atoms with Crippen LogP contribution in [0, 0.1) is 17.8 Å². The number of thioether (sulfide) groups is 1. The lowest BCUT2D eigenvalue weighted by Gasteiger charge is -2.36. The molecule has 1 aromatic heterocycles. The Bertz CT molecular complexity index is 772. The highest BCUT2D eigenvalue weighted by Crippen LogP contribution is 2.35. The standard InChI is InChI=1S/C22H31N3O2S/c1-5-16-7-9-17(10-8-16)21-23-22(25-24-21)28-13-20(26)27-19-12-15(4)6-11-18(19)14(2)3/h7-10,14-15,18-19H,5-6,11-13H2,1-4H3,(H,23,24,25)/t15-,18-,19-/m1/s1. The van der Waals surface area contributed by atoms with Crippen molar-refractivity contribution in [2.75, 3.05) is 5.75 Å². The van der Waals surface area contributed by atoms with E-state index >= 15 is 0 Å². The zero-order chi connectivity index (χ0) is 20.1. The number of benzene rings is 1. The molecule has 1 N–H and O–H groups in total. The van der Waals surface area contributed by atoms with E-state index in [1.54, 1.807) is 0 Å². The van der Waals surface area contributed by atoms with Crippen molar-refractivity contribution in [3.8, 4) is 11.4 Å². The Kier molecular flexibility index (Phi) is 7.16. The third-order valence-corrected chi connectivity index (χ3v) is 6.48. The predicted molar refractivity (Wildman–Crippen MR) is 113 cm³/mol. The Hall–Kier alpha value is -1.82. The highest BCUT2D eigenvalue weighted by molar-refractivity contribution is 7.99. The topological polar surface area (TPSA) is 67.9 Å². The summed E-state index contributed by atoms with van der Waals surface area (Å²) in [6, 6.07) is 8.27. The van der Waals surface area contributed by atoms with E-state index in [4.69, 9.17) is 4.74 Å². The molecule has 152 valence electrons. The van der Waals surface area contributed by atoms with E-state index in [2.05, 4.69) is 55.0 Å². The van der Waals surface area contributed by atoms with Crippen LogP contribution in [0.4, 0.5) is 0 Å². The highest BCUT2D eigenvalue weighted by Gasteiger charge is 2.33. The molecule has 1 aliphatic carbocycles. The molecule has 1 aromatic carbocycles. The maximum atomic E-state index is 12.4. The van der Waals surface area contributed by atoms with Gasteiger partial charge in [-0.2, -0.15) is 0 Å². The third kappa shape index (κ3) is 5.37. The van der Waals surface area contributed by atoms with Crippen molar-refractivity contribution in [3.63, 3.8) is 0 Å². The first-order valence-electron chi connectivity index (χ1n) is 10.3. The number of esters is 1. The number of nitrogens with zero attached hydrogens (tertiary/aromatic N) is 2. The van der Waals surface area contributed by atoms with Crippen LogP contribution in [0.2, 0.25) is 0 Å². The molecule has 0 aliphatic heterocycles. The highest BCUT2D eigenvalue weighted by atomic mass is 32.2. The molecule has 0 bridgehead atoms.